The van der Waals surface area contributed by atoms with E-state index in [1.807, 2.05) is 82.6 Å². The molecule has 4 atom stereocenters. The number of aliphatic hydroxyl groups is 1. The maximum absolute atomic E-state index is 14.2. The van der Waals surface area contributed by atoms with Gasteiger partial charge in [0.15, 0.2) is 5.01 Å². The molecule has 2 fully saturated rings. The Bertz CT molecular complexity index is 2890. The molecule has 0 radical (unpaired) electrons. The Hall–Kier alpha value is -6.82. The number of fused-ring (bicyclic) bond motifs is 1. The number of aliphatic hydroxyl groups excluding tert-OH is 1. The van der Waals surface area contributed by atoms with Gasteiger partial charge in [-0.15, -0.1) is 21.5 Å². The van der Waals surface area contributed by atoms with Crippen molar-refractivity contribution in [2.75, 3.05) is 42.9 Å². The number of nitrogens with zero attached hydrogens (tertiary/aromatic N) is 10. The van der Waals surface area contributed by atoms with Gasteiger partial charge in [0.1, 0.15) is 18.2 Å². The Morgan fingerprint density at radius 2 is 1.70 bits per heavy atom. The summed E-state index contributed by atoms with van der Waals surface area (Å²) in [5, 5.41) is 44.3. The SMILES string of the molecule is Cc1ncsc1-c1ccc([C@H](C)NC(=O)[C@@H]2C[C@@H](O)CN2C(=O)[C@@H](NC(=O)CCC(=O)N2CCN(c3nnc(-c4cnc(-c5ccc6cc(C#N)cnn56)cc4NC(C)C)s3)CC2)C(C)(C)C)cc1. The number of thiazole rings is 1. The molecule has 2 saturated heterocycles. The molecule has 0 unspecified atom stereocenters. The van der Waals surface area contributed by atoms with Crippen LogP contribution in [0, 0.1) is 23.7 Å². The highest BCUT2D eigenvalue weighted by atomic mass is 32.1. The molecule has 0 aliphatic carbocycles. The summed E-state index contributed by atoms with van der Waals surface area (Å²) in [5.41, 5.74) is 8.34. The minimum Gasteiger partial charge on any atom is -0.391 e. The molecule has 69 heavy (non-hydrogen) atoms. The number of piperazine rings is 1. The maximum Gasteiger partial charge on any atom is 0.246 e. The van der Waals surface area contributed by atoms with Crippen LogP contribution >= 0.6 is 22.7 Å². The van der Waals surface area contributed by atoms with Crippen LogP contribution < -0.4 is 20.9 Å². The van der Waals surface area contributed by atoms with Crippen LogP contribution in [0.1, 0.15) is 83.7 Å². The molecule has 8 rings (SSSR count). The van der Waals surface area contributed by atoms with E-state index in [1.165, 1.54) is 22.4 Å². The summed E-state index contributed by atoms with van der Waals surface area (Å²) in [6.45, 7) is 15.3. The molecule has 4 amide bonds. The molecule has 4 N–H and O–H groups in total. The Morgan fingerprint density at radius 3 is 2.38 bits per heavy atom. The molecule has 7 heterocycles. The van der Waals surface area contributed by atoms with E-state index in [2.05, 4.69) is 61.0 Å². The lowest BCUT2D eigenvalue weighted by Crippen LogP contribution is -2.58. The van der Waals surface area contributed by atoms with Gasteiger partial charge in [0.2, 0.25) is 28.8 Å². The van der Waals surface area contributed by atoms with Crippen molar-refractivity contribution in [2.24, 2.45) is 5.41 Å². The van der Waals surface area contributed by atoms with Crippen molar-refractivity contribution in [3.8, 4) is 38.5 Å². The zero-order chi connectivity index (χ0) is 49.1. The van der Waals surface area contributed by atoms with E-state index in [1.54, 1.807) is 33.0 Å². The van der Waals surface area contributed by atoms with Gasteiger partial charge in [-0.25, -0.2) is 9.50 Å². The number of hydrogen-bond donors (Lipinski definition) is 4. The second-order valence-electron chi connectivity index (χ2n) is 19.0. The minimum absolute atomic E-state index is 0.0411. The maximum atomic E-state index is 14.2. The van der Waals surface area contributed by atoms with Crippen LogP contribution in [0.5, 0.6) is 0 Å². The summed E-state index contributed by atoms with van der Waals surface area (Å²) in [6.07, 6.45) is 2.31. The Balaban J connectivity index is 0.840. The summed E-state index contributed by atoms with van der Waals surface area (Å²) in [7, 11) is 0. The topological polar surface area (TPSA) is 227 Å². The van der Waals surface area contributed by atoms with Crippen LogP contribution in [0.4, 0.5) is 10.8 Å². The number of β-amino-alcohol motifs (C(OH)–C–C–N with tert-alkyl or cyclic N) is 1. The van der Waals surface area contributed by atoms with Gasteiger partial charge >= 0.3 is 0 Å². The molecule has 1 aromatic carbocycles. The number of likely N-dealkylation sites (tertiary alicyclic amines) is 1. The van der Waals surface area contributed by atoms with Gasteiger partial charge in [-0.3, -0.25) is 24.2 Å². The van der Waals surface area contributed by atoms with E-state index in [9.17, 15) is 29.5 Å². The molecular weight excluding hydrogens is 915 g/mol. The first-order valence-corrected chi connectivity index (χ1v) is 24.8. The number of benzene rings is 1. The predicted octanol–water partition coefficient (Wildman–Crippen LogP) is 5.84. The van der Waals surface area contributed by atoms with Gasteiger partial charge in [0.05, 0.1) is 62.5 Å². The number of nitrogens with one attached hydrogen (secondary N) is 3. The highest BCUT2D eigenvalue weighted by molar-refractivity contribution is 7.18. The summed E-state index contributed by atoms with van der Waals surface area (Å²) in [6, 6.07) is 15.4. The second kappa shape index (κ2) is 20.4. The first-order chi connectivity index (χ1) is 33.0. The third-order valence-electron chi connectivity index (χ3n) is 12.4. The fourth-order valence-electron chi connectivity index (χ4n) is 8.68. The number of hydrogen-bond acceptors (Lipinski definition) is 15. The Labute approximate surface area is 408 Å². The lowest BCUT2D eigenvalue weighted by atomic mass is 9.85. The van der Waals surface area contributed by atoms with Crippen molar-refractivity contribution in [1.29, 1.82) is 5.26 Å². The van der Waals surface area contributed by atoms with E-state index in [-0.39, 0.29) is 49.7 Å². The summed E-state index contributed by atoms with van der Waals surface area (Å²) in [4.78, 5) is 70.3. The lowest BCUT2D eigenvalue weighted by Gasteiger charge is -2.36. The molecule has 2 aliphatic heterocycles. The van der Waals surface area contributed by atoms with Gasteiger partial charge in [-0.05, 0) is 68.5 Å². The van der Waals surface area contributed by atoms with E-state index in [4.69, 9.17) is 4.98 Å². The van der Waals surface area contributed by atoms with Gasteiger partial charge in [-0.2, -0.15) is 10.4 Å². The molecule has 360 valence electrons. The van der Waals surface area contributed by atoms with E-state index in [0.29, 0.717) is 42.4 Å². The Morgan fingerprint density at radius 1 is 0.942 bits per heavy atom. The smallest absolute Gasteiger partial charge is 0.246 e. The molecule has 20 heteroatoms. The first-order valence-electron chi connectivity index (χ1n) is 23.1. The molecule has 0 saturated carbocycles. The standard InChI is InChI=1S/C49H57N13O5S2/c1-28(2)54-37-22-38(39-13-12-34-20-31(23-50)24-53-62(34)39)51-25-36(37)46-57-58-48(69-46)60-18-16-59(17-19-60)42(65)15-14-41(64)56-44(49(5,6)7)47(67)61-26-35(63)21-40(61)45(66)55-29(3)32-8-10-33(11-9-32)43-30(4)52-27-68-43/h8-13,20,22,24-25,27-29,35,40,44,63H,14-19,21,26H2,1-7H3,(H,51,54)(H,55,66)(H,56,64)/t29-,35+,40-,44+/m0/s1. The molecule has 5 aromatic heterocycles. The van der Waals surface area contributed by atoms with E-state index < -0.39 is 35.4 Å². The third-order valence-corrected chi connectivity index (χ3v) is 14.4. The van der Waals surface area contributed by atoms with Gasteiger partial charge in [0.25, 0.3) is 0 Å². The highest BCUT2D eigenvalue weighted by Gasteiger charge is 2.45. The zero-order valence-corrected chi connectivity index (χ0v) is 41.4. The van der Waals surface area contributed by atoms with Crippen molar-refractivity contribution < 1.29 is 24.3 Å². The van der Waals surface area contributed by atoms with Crippen LogP contribution in [0.25, 0.3) is 37.9 Å². The van der Waals surface area contributed by atoms with Crippen LogP contribution in [0.3, 0.4) is 0 Å². The number of aromatic nitrogens is 6. The number of pyridine rings is 1. The normalized spacial score (nSPS) is 17.2. The van der Waals surface area contributed by atoms with Gasteiger partial charge < -0.3 is 35.8 Å². The number of nitriles is 1. The van der Waals surface area contributed by atoms with Crippen molar-refractivity contribution in [2.45, 2.75) is 98.0 Å². The molecule has 6 aromatic rings. The van der Waals surface area contributed by atoms with Crippen LogP contribution in [-0.4, -0.2) is 125 Å². The number of amides is 4. The second-order valence-corrected chi connectivity index (χ2v) is 20.8. The molecule has 18 nitrogen and oxygen atoms in total. The first kappa shape index (κ1) is 48.6. The fourth-order valence-corrected chi connectivity index (χ4v) is 10.4. The van der Waals surface area contributed by atoms with Gasteiger partial charge in [-0.1, -0.05) is 56.4 Å². The summed E-state index contributed by atoms with van der Waals surface area (Å²) >= 11 is 3.01. The van der Waals surface area contributed by atoms with Crippen LogP contribution in [0.15, 0.2) is 66.4 Å². The summed E-state index contributed by atoms with van der Waals surface area (Å²) in [5.74, 6) is -1.48. The molecule has 0 bridgehead atoms. The van der Waals surface area contributed by atoms with Crippen LogP contribution in [-0.2, 0) is 19.2 Å². The average molecular weight is 972 g/mol. The van der Waals surface area contributed by atoms with E-state index in [0.717, 1.165) is 49.3 Å². The number of carbonyl (C=O) groups is 4. The number of rotatable bonds is 14. The third kappa shape index (κ3) is 10.9. The van der Waals surface area contributed by atoms with E-state index >= 15 is 0 Å². The average Bonchev–Trinajstić information content (AvgIpc) is 4.16. The fraction of sp³-hybridized carbons (Fsp3) is 0.429. The minimum atomic E-state index is -1.01. The van der Waals surface area contributed by atoms with Crippen molar-refractivity contribution in [3.05, 3.63) is 83.3 Å². The molecule has 2 aliphatic rings. The van der Waals surface area contributed by atoms with Crippen molar-refractivity contribution in [1.82, 2.24) is 50.2 Å². The molecule has 0 spiro atoms. The number of anilines is 2. The van der Waals surface area contributed by atoms with Crippen molar-refractivity contribution >= 4 is 62.6 Å². The Kier molecular flexibility index (Phi) is 14.4. The molecular formula is C49H57N13O5S2. The zero-order valence-electron chi connectivity index (χ0n) is 39.8. The number of aryl methyl sites for hydroxylation is 1. The largest absolute Gasteiger partial charge is 0.391 e. The summed E-state index contributed by atoms with van der Waals surface area (Å²) < 4.78 is 1.76. The predicted molar refractivity (Wildman–Crippen MR) is 265 cm³/mol. The lowest BCUT2D eigenvalue weighted by molar-refractivity contribution is -0.144. The number of carbonyl (C=O) groups excluding carboxylic acids is 4. The quantitative estimate of drug-likeness (QED) is 0.101. The van der Waals surface area contributed by atoms with Crippen LogP contribution in [0.2, 0.25) is 0 Å². The highest BCUT2D eigenvalue weighted by Crippen LogP contribution is 2.36. The monoisotopic (exact) mass is 971 g/mol. The van der Waals surface area contributed by atoms with Gasteiger partial charge in [0, 0.05) is 69.9 Å². The van der Waals surface area contributed by atoms with Crippen molar-refractivity contribution in [3.63, 3.8) is 0 Å².